The van der Waals surface area contributed by atoms with E-state index in [0.717, 1.165) is 38.2 Å². The van der Waals surface area contributed by atoms with E-state index in [2.05, 4.69) is 20.9 Å². The molecule has 0 unspecified atom stereocenters. The second kappa shape index (κ2) is 10.7. The van der Waals surface area contributed by atoms with Gasteiger partial charge in [0.25, 0.3) is 5.91 Å². The second-order valence-corrected chi connectivity index (χ2v) is 6.40. The Morgan fingerprint density at radius 2 is 2.04 bits per heavy atom. The standard InChI is InChI=1S/C19H30N4O3/c1-3-20-19(23-15-7-9-16(24)10-8-15)22-12-11-21-18(25)14-5-4-6-17(13-14)26-2/h4-6,13,15-16,24H,3,7-12H2,1-2H3,(H,21,25)(H2,20,22,23). The Bertz CT molecular complexity index is 598. The van der Waals surface area contributed by atoms with Gasteiger partial charge in [0.1, 0.15) is 5.75 Å². The van der Waals surface area contributed by atoms with Crippen molar-refractivity contribution < 1.29 is 14.6 Å². The third-order valence-corrected chi connectivity index (χ3v) is 4.38. The first-order chi connectivity index (χ1) is 12.6. The van der Waals surface area contributed by atoms with E-state index >= 15 is 0 Å². The summed E-state index contributed by atoms with van der Waals surface area (Å²) in [7, 11) is 1.58. The molecular weight excluding hydrogens is 332 g/mol. The summed E-state index contributed by atoms with van der Waals surface area (Å²) in [6.45, 7) is 3.74. The fraction of sp³-hybridized carbons (Fsp3) is 0.579. The summed E-state index contributed by atoms with van der Waals surface area (Å²) >= 11 is 0. The first-order valence-electron chi connectivity index (χ1n) is 9.27. The van der Waals surface area contributed by atoms with Crippen molar-refractivity contribution >= 4 is 11.9 Å². The molecule has 1 amide bonds. The van der Waals surface area contributed by atoms with Gasteiger partial charge in [-0.3, -0.25) is 9.79 Å². The number of nitrogens with zero attached hydrogens (tertiary/aromatic N) is 1. The van der Waals surface area contributed by atoms with Gasteiger partial charge in [-0.05, 0) is 50.8 Å². The number of amides is 1. The summed E-state index contributed by atoms with van der Waals surface area (Å²) in [6, 6.07) is 7.40. The minimum Gasteiger partial charge on any atom is -0.497 e. The predicted octanol–water partition coefficient (Wildman–Crippen LogP) is 1.28. The lowest BCUT2D eigenvalue weighted by atomic mass is 9.93. The van der Waals surface area contributed by atoms with E-state index in [1.165, 1.54) is 0 Å². The minimum atomic E-state index is -0.167. The van der Waals surface area contributed by atoms with Gasteiger partial charge in [-0.2, -0.15) is 0 Å². The van der Waals surface area contributed by atoms with Gasteiger partial charge >= 0.3 is 0 Å². The molecule has 0 atom stereocenters. The summed E-state index contributed by atoms with van der Waals surface area (Å²) in [5, 5.41) is 19.1. The number of benzene rings is 1. The van der Waals surface area contributed by atoms with Crippen LogP contribution in [-0.2, 0) is 0 Å². The van der Waals surface area contributed by atoms with Crippen LogP contribution in [0, 0.1) is 0 Å². The van der Waals surface area contributed by atoms with Gasteiger partial charge in [-0.25, -0.2) is 0 Å². The van der Waals surface area contributed by atoms with Crippen LogP contribution in [0.5, 0.6) is 5.75 Å². The molecule has 0 saturated heterocycles. The van der Waals surface area contributed by atoms with Crippen LogP contribution in [0.2, 0.25) is 0 Å². The molecule has 1 aliphatic carbocycles. The number of rotatable bonds is 7. The van der Waals surface area contributed by atoms with Crippen LogP contribution in [0.4, 0.5) is 0 Å². The molecule has 1 aromatic carbocycles. The Morgan fingerprint density at radius 1 is 1.27 bits per heavy atom. The lowest BCUT2D eigenvalue weighted by molar-refractivity contribution is 0.0954. The highest BCUT2D eigenvalue weighted by atomic mass is 16.5. The van der Waals surface area contributed by atoms with Gasteiger partial charge in [0.15, 0.2) is 5.96 Å². The van der Waals surface area contributed by atoms with Crippen LogP contribution in [0.15, 0.2) is 29.3 Å². The molecule has 0 bridgehead atoms. The number of guanidine groups is 1. The molecule has 1 fully saturated rings. The average Bonchev–Trinajstić information content (AvgIpc) is 2.67. The van der Waals surface area contributed by atoms with E-state index in [-0.39, 0.29) is 12.0 Å². The molecule has 1 aliphatic rings. The molecule has 7 heteroatoms. The number of nitrogens with one attached hydrogen (secondary N) is 3. The molecule has 0 aromatic heterocycles. The van der Waals surface area contributed by atoms with Crippen molar-refractivity contribution in [3.63, 3.8) is 0 Å². The molecule has 26 heavy (non-hydrogen) atoms. The normalized spacial score (nSPS) is 20.3. The third-order valence-electron chi connectivity index (χ3n) is 4.38. The van der Waals surface area contributed by atoms with Gasteiger partial charge in [-0.15, -0.1) is 0 Å². The van der Waals surface area contributed by atoms with Crippen molar-refractivity contribution in [3.05, 3.63) is 29.8 Å². The van der Waals surface area contributed by atoms with Crippen molar-refractivity contribution in [1.82, 2.24) is 16.0 Å². The van der Waals surface area contributed by atoms with Crippen LogP contribution < -0.4 is 20.7 Å². The Kier molecular flexibility index (Phi) is 8.21. The second-order valence-electron chi connectivity index (χ2n) is 6.40. The summed E-state index contributed by atoms with van der Waals surface area (Å²) in [5.41, 5.74) is 0.569. The van der Waals surface area contributed by atoms with Crippen molar-refractivity contribution in [3.8, 4) is 5.75 Å². The van der Waals surface area contributed by atoms with E-state index < -0.39 is 0 Å². The number of aliphatic imine (C=N–C) groups is 1. The molecule has 7 nitrogen and oxygen atoms in total. The van der Waals surface area contributed by atoms with Gasteiger partial charge in [0.05, 0.1) is 19.8 Å². The van der Waals surface area contributed by atoms with E-state index in [0.29, 0.717) is 30.4 Å². The zero-order valence-electron chi connectivity index (χ0n) is 15.6. The van der Waals surface area contributed by atoms with Gasteiger partial charge in [-0.1, -0.05) is 6.07 Å². The number of methoxy groups -OCH3 is 1. The zero-order chi connectivity index (χ0) is 18.8. The van der Waals surface area contributed by atoms with Crippen LogP contribution in [0.3, 0.4) is 0 Å². The quantitative estimate of drug-likeness (QED) is 0.333. The fourth-order valence-electron chi connectivity index (χ4n) is 2.94. The Labute approximate surface area is 155 Å². The first kappa shape index (κ1) is 20.0. The van der Waals surface area contributed by atoms with Gasteiger partial charge in [0, 0.05) is 24.7 Å². The van der Waals surface area contributed by atoms with E-state index in [1.54, 1.807) is 31.4 Å². The predicted molar refractivity (Wildman–Crippen MR) is 103 cm³/mol. The van der Waals surface area contributed by atoms with Crippen molar-refractivity contribution in [2.45, 2.75) is 44.8 Å². The Morgan fingerprint density at radius 3 is 2.73 bits per heavy atom. The molecule has 4 N–H and O–H groups in total. The Hall–Kier alpha value is -2.28. The number of carbonyl (C=O) groups is 1. The maximum absolute atomic E-state index is 12.2. The summed E-state index contributed by atoms with van der Waals surface area (Å²) in [6.07, 6.45) is 3.37. The Balaban J connectivity index is 1.78. The highest BCUT2D eigenvalue weighted by Gasteiger charge is 2.19. The largest absolute Gasteiger partial charge is 0.497 e. The first-order valence-corrected chi connectivity index (χ1v) is 9.27. The molecule has 0 aliphatic heterocycles. The lowest BCUT2D eigenvalue weighted by Crippen LogP contribution is -2.45. The van der Waals surface area contributed by atoms with Crippen molar-refractivity contribution in [2.75, 3.05) is 26.7 Å². The average molecular weight is 362 g/mol. The topological polar surface area (TPSA) is 95.0 Å². The molecule has 0 spiro atoms. The molecule has 144 valence electrons. The lowest BCUT2D eigenvalue weighted by Gasteiger charge is -2.27. The number of carbonyl (C=O) groups excluding carboxylic acids is 1. The molecule has 2 rings (SSSR count). The van der Waals surface area contributed by atoms with Crippen molar-refractivity contribution in [1.29, 1.82) is 0 Å². The van der Waals surface area contributed by atoms with E-state index in [9.17, 15) is 9.90 Å². The fourth-order valence-corrected chi connectivity index (χ4v) is 2.94. The maximum Gasteiger partial charge on any atom is 0.251 e. The van der Waals surface area contributed by atoms with Gasteiger partial charge < -0.3 is 25.8 Å². The number of ether oxygens (including phenoxy) is 1. The van der Waals surface area contributed by atoms with Crippen LogP contribution in [0.25, 0.3) is 0 Å². The highest BCUT2D eigenvalue weighted by molar-refractivity contribution is 5.94. The SMILES string of the molecule is CCNC(=NCCNC(=O)c1cccc(OC)c1)NC1CCC(O)CC1. The molecule has 1 aromatic rings. The van der Waals surface area contributed by atoms with Crippen molar-refractivity contribution in [2.24, 2.45) is 4.99 Å². The highest BCUT2D eigenvalue weighted by Crippen LogP contribution is 2.18. The molecule has 0 heterocycles. The third kappa shape index (κ3) is 6.55. The number of hydrogen-bond acceptors (Lipinski definition) is 4. The van der Waals surface area contributed by atoms with E-state index in [4.69, 9.17) is 4.74 Å². The summed E-state index contributed by atoms with van der Waals surface area (Å²) in [5.74, 6) is 1.27. The zero-order valence-corrected chi connectivity index (χ0v) is 15.6. The summed E-state index contributed by atoms with van der Waals surface area (Å²) < 4.78 is 5.13. The number of aliphatic hydroxyl groups excluding tert-OH is 1. The van der Waals surface area contributed by atoms with Crippen LogP contribution in [-0.4, -0.2) is 55.9 Å². The van der Waals surface area contributed by atoms with Crippen LogP contribution >= 0.6 is 0 Å². The minimum absolute atomic E-state index is 0.140. The monoisotopic (exact) mass is 362 g/mol. The number of hydrogen-bond donors (Lipinski definition) is 4. The number of aliphatic hydroxyl groups is 1. The summed E-state index contributed by atoms with van der Waals surface area (Å²) in [4.78, 5) is 16.7. The molecule has 0 radical (unpaired) electrons. The molecule has 1 saturated carbocycles. The van der Waals surface area contributed by atoms with Crippen LogP contribution in [0.1, 0.15) is 43.0 Å². The van der Waals surface area contributed by atoms with Gasteiger partial charge in [0.2, 0.25) is 0 Å². The molecular formula is C19H30N4O3. The maximum atomic E-state index is 12.2. The van der Waals surface area contributed by atoms with E-state index in [1.807, 2.05) is 6.92 Å². The smallest absolute Gasteiger partial charge is 0.251 e.